The van der Waals surface area contributed by atoms with Gasteiger partial charge in [-0.05, 0) is 86.3 Å². The summed E-state index contributed by atoms with van der Waals surface area (Å²) in [7, 11) is 0. The van der Waals surface area contributed by atoms with Gasteiger partial charge in [0.2, 0.25) is 5.95 Å². The third-order valence-electron chi connectivity index (χ3n) is 11.4. The Labute approximate surface area is 326 Å². The zero-order valence-corrected chi connectivity index (χ0v) is 31.0. The van der Waals surface area contributed by atoms with E-state index >= 15 is 0 Å². The van der Waals surface area contributed by atoms with Crippen LogP contribution in [0.15, 0.2) is 188 Å². The van der Waals surface area contributed by atoms with E-state index < -0.39 is 0 Å². The minimum absolute atomic E-state index is 0.656. The largest absolute Gasteiger partial charge is 0.278 e. The van der Waals surface area contributed by atoms with Crippen LogP contribution in [0, 0.1) is 0 Å². The fourth-order valence-electron chi connectivity index (χ4n) is 8.76. The summed E-state index contributed by atoms with van der Waals surface area (Å²) in [5.41, 5.74) is 9.80. The molecule has 0 aliphatic heterocycles. The van der Waals surface area contributed by atoms with Gasteiger partial charge < -0.3 is 0 Å². The Hall–Kier alpha value is -7.14. The molecule has 0 amide bonds. The Morgan fingerprint density at radius 3 is 1.86 bits per heavy atom. The van der Waals surface area contributed by atoms with E-state index in [1.54, 1.807) is 0 Å². The molecule has 0 N–H and O–H groups in total. The lowest BCUT2D eigenvalue weighted by atomic mass is 9.94. The van der Waals surface area contributed by atoms with Crippen LogP contribution in [-0.4, -0.2) is 14.5 Å². The van der Waals surface area contributed by atoms with Gasteiger partial charge in [-0.1, -0.05) is 146 Å². The fraction of sp³-hybridized carbons (Fsp3) is 0. The Balaban J connectivity index is 1.15. The van der Waals surface area contributed by atoms with Crippen LogP contribution in [-0.2, 0) is 0 Å². The summed E-state index contributed by atoms with van der Waals surface area (Å²) in [6.45, 7) is 0. The Bertz CT molecular complexity index is 3530. The minimum Gasteiger partial charge on any atom is -0.278 e. The molecule has 3 nitrogen and oxygen atoms in total. The Kier molecular flexibility index (Phi) is 6.80. The van der Waals surface area contributed by atoms with Crippen molar-refractivity contribution in [2.75, 3.05) is 0 Å². The number of para-hydroxylation sites is 1. The second-order valence-electron chi connectivity index (χ2n) is 14.6. The molecule has 9 aromatic carbocycles. The van der Waals surface area contributed by atoms with Gasteiger partial charge in [-0.2, -0.15) is 0 Å². The lowest BCUT2D eigenvalue weighted by Crippen LogP contribution is -2.03. The van der Waals surface area contributed by atoms with E-state index in [1.807, 2.05) is 11.3 Å². The number of benzene rings is 9. The number of thiophene rings is 1. The van der Waals surface area contributed by atoms with Gasteiger partial charge in [0, 0.05) is 41.9 Å². The molecular weight excluding hydrogens is 699 g/mol. The molecule has 12 rings (SSSR count). The second-order valence-corrected chi connectivity index (χ2v) is 15.6. The normalized spacial score (nSPS) is 11.9. The molecule has 0 saturated carbocycles. The van der Waals surface area contributed by atoms with Gasteiger partial charge in [-0.15, -0.1) is 11.3 Å². The van der Waals surface area contributed by atoms with Crippen LogP contribution >= 0.6 is 11.3 Å². The maximum atomic E-state index is 5.54. The molecule has 0 fully saturated rings. The summed E-state index contributed by atoms with van der Waals surface area (Å²) in [6, 6.07) is 67.9. The molecule has 0 aliphatic rings. The van der Waals surface area contributed by atoms with Crippen molar-refractivity contribution in [1.82, 2.24) is 14.5 Å². The second kappa shape index (κ2) is 12.2. The zero-order chi connectivity index (χ0) is 36.7. The lowest BCUT2D eigenvalue weighted by molar-refractivity contribution is 1.01. The quantitative estimate of drug-likeness (QED) is 0.181. The molecule has 0 bridgehead atoms. The number of hydrogen-bond acceptors (Lipinski definition) is 3. The number of fused-ring (bicyclic) bond motifs is 10. The van der Waals surface area contributed by atoms with Crippen LogP contribution in [0.25, 0.3) is 114 Å². The van der Waals surface area contributed by atoms with Gasteiger partial charge in [-0.3, -0.25) is 4.57 Å². The van der Waals surface area contributed by atoms with Gasteiger partial charge in [0.25, 0.3) is 0 Å². The van der Waals surface area contributed by atoms with Crippen molar-refractivity contribution in [2.45, 2.75) is 0 Å². The molecule has 0 saturated heterocycles. The van der Waals surface area contributed by atoms with Gasteiger partial charge in [0.1, 0.15) is 0 Å². The highest BCUT2D eigenvalue weighted by molar-refractivity contribution is 7.25. The molecule has 260 valence electrons. The first-order valence-corrected chi connectivity index (χ1v) is 19.8. The average Bonchev–Trinajstić information content (AvgIpc) is 3.79. The van der Waals surface area contributed by atoms with Gasteiger partial charge in [-0.25, -0.2) is 9.97 Å². The van der Waals surface area contributed by atoms with Crippen LogP contribution in [0.2, 0.25) is 0 Å². The first-order chi connectivity index (χ1) is 27.7. The van der Waals surface area contributed by atoms with Crippen LogP contribution in [0.1, 0.15) is 0 Å². The van der Waals surface area contributed by atoms with Crippen LogP contribution in [0.5, 0.6) is 0 Å². The van der Waals surface area contributed by atoms with E-state index in [-0.39, 0.29) is 0 Å². The first kappa shape index (κ1) is 31.2. The molecule has 0 spiro atoms. The first-order valence-electron chi connectivity index (χ1n) is 19.0. The highest BCUT2D eigenvalue weighted by atomic mass is 32.1. The molecule has 56 heavy (non-hydrogen) atoms. The maximum Gasteiger partial charge on any atom is 0.235 e. The predicted octanol–water partition coefficient (Wildman–Crippen LogP) is 14.4. The zero-order valence-electron chi connectivity index (χ0n) is 30.1. The number of aromatic nitrogens is 3. The summed E-state index contributed by atoms with van der Waals surface area (Å²) in [5, 5.41) is 10.9. The third-order valence-corrected chi connectivity index (χ3v) is 12.5. The van der Waals surface area contributed by atoms with E-state index in [2.05, 4.69) is 193 Å². The third kappa shape index (κ3) is 4.76. The molecule has 0 atom stereocenters. The molecule has 0 aliphatic carbocycles. The lowest BCUT2D eigenvalue weighted by Gasteiger charge is -2.13. The van der Waals surface area contributed by atoms with Gasteiger partial charge >= 0.3 is 0 Å². The number of nitrogens with zero attached hydrogens (tertiary/aromatic N) is 3. The summed E-state index contributed by atoms with van der Waals surface area (Å²) in [5.74, 6) is 0.656. The smallest absolute Gasteiger partial charge is 0.235 e. The summed E-state index contributed by atoms with van der Waals surface area (Å²) < 4.78 is 4.84. The molecular formula is C52H31N3S. The molecule has 3 aromatic heterocycles. The topological polar surface area (TPSA) is 30.7 Å². The molecule has 4 heteroatoms. The standard InChI is InChI=1S/C52H31N3S/c1-3-13-32(14-4-1)36-24-26-46-44(28-36)50-40-20-10-9-19-38(40)42(33-15-5-2-6-16-33)31-47(50)55(46)52-53-45-22-12-11-21-41(45)51(54-52)37-23-25-39-43-27-34-17-7-8-18-35(34)29-49(43)56-48(39)30-37/h1-31H. The van der Waals surface area contributed by atoms with Crippen molar-refractivity contribution in [3.63, 3.8) is 0 Å². The molecule has 0 radical (unpaired) electrons. The summed E-state index contributed by atoms with van der Waals surface area (Å²) in [4.78, 5) is 10.9. The van der Waals surface area contributed by atoms with Crippen molar-refractivity contribution in [1.29, 1.82) is 0 Å². The maximum absolute atomic E-state index is 5.54. The molecule has 12 aromatic rings. The van der Waals surface area contributed by atoms with Crippen LogP contribution in [0.3, 0.4) is 0 Å². The average molecular weight is 730 g/mol. The van der Waals surface area contributed by atoms with Crippen molar-refractivity contribution in [3.05, 3.63) is 188 Å². The minimum atomic E-state index is 0.656. The summed E-state index contributed by atoms with van der Waals surface area (Å²) >= 11 is 1.85. The van der Waals surface area contributed by atoms with E-state index in [0.717, 1.165) is 33.2 Å². The summed E-state index contributed by atoms with van der Waals surface area (Å²) in [6.07, 6.45) is 0. The highest BCUT2D eigenvalue weighted by Gasteiger charge is 2.22. The van der Waals surface area contributed by atoms with E-state index in [9.17, 15) is 0 Å². The van der Waals surface area contributed by atoms with Gasteiger partial charge in [0.05, 0.1) is 22.2 Å². The molecule has 0 unspecified atom stereocenters. The Morgan fingerprint density at radius 2 is 1.04 bits per heavy atom. The van der Waals surface area contributed by atoms with Crippen molar-refractivity contribution in [2.24, 2.45) is 0 Å². The van der Waals surface area contributed by atoms with Crippen molar-refractivity contribution >= 4 is 85.8 Å². The number of hydrogen-bond donors (Lipinski definition) is 0. The SMILES string of the molecule is c1ccc(-c2ccc3c(c2)c2c4ccccc4c(-c4ccccc4)cc2n3-c2nc(-c3ccc4c(c3)sc3cc5ccccc5cc34)c3ccccc3n2)cc1. The highest BCUT2D eigenvalue weighted by Crippen LogP contribution is 2.44. The van der Waals surface area contributed by atoms with E-state index in [1.165, 1.54) is 74.7 Å². The van der Waals surface area contributed by atoms with E-state index in [0.29, 0.717) is 5.95 Å². The van der Waals surface area contributed by atoms with E-state index in [4.69, 9.17) is 9.97 Å². The van der Waals surface area contributed by atoms with Crippen LogP contribution < -0.4 is 0 Å². The Morgan fingerprint density at radius 1 is 0.375 bits per heavy atom. The predicted molar refractivity (Wildman–Crippen MR) is 238 cm³/mol. The van der Waals surface area contributed by atoms with Crippen molar-refractivity contribution in [3.8, 4) is 39.5 Å². The molecule has 3 heterocycles. The van der Waals surface area contributed by atoms with Crippen molar-refractivity contribution < 1.29 is 0 Å². The van der Waals surface area contributed by atoms with Gasteiger partial charge in [0.15, 0.2) is 0 Å². The number of rotatable bonds is 4. The van der Waals surface area contributed by atoms with Crippen LogP contribution in [0.4, 0.5) is 0 Å². The monoisotopic (exact) mass is 729 g/mol. The fourth-order valence-corrected chi connectivity index (χ4v) is 9.93.